The number of nitrogens with zero attached hydrogens (tertiary/aromatic N) is 3. The average Bonchev–Trinajstić information content (AvgIpc) is 2.86. The van der Waals surface area contributed by atoms with Gasteiger partial charge in [0, 0.05) is 43.3 Å². The predicted octanol–water partition coefficient (Wildman–Crippen LogP) is 1.01. The Labute approximate surface area is 112 Å². The number of hydrogen-bond donors (Lipinski definition) is 2. The summed E-state index contributed by atoms with van der Waals surface area (Å²) in [6.45, 7) is 3.21. The Balaban J connectivity index is 1.68. The molecule has 2 aromatic rings. The Morgan fingerprint density at radius 2 is 2.16 bits per heavy atom. The molecule has 0 saturated carbocycles. The summed E-state index contributed by atoms with van der Waals surface area (Å²) in [6, 6.07) is 7.48. The number of hydrogen-bond acceptors (Lipinski definition) is 4. The third-order valence-corrected chi connectivity index (χ3v) is 3.61. The second kappa shape index (κ2) is 5.03. The molecule has 0 bridgehead atoms. The Kier molecular flexibility index (Phi) is 3.23. The maximum absolute atomic E-state index is 10.3. The molecule has 1 atom stereocenters. The standard InChI is InChI=1S/C14H18N4O/c15-12-4-2-1-3-11(12)13(19)9-17-7-8-18-6-5-16-14(18)10-17/h1-6,13,19H,7-10,15H2. The highest BCUT2D eigenvalue weighted by molar-refractivity contribution is 5.47. The highest BCUT2D eigenvalue weighted by Gasteiger charge is 2.20. The topological polar surface area (TPSA) is 67.3 Å². The van der Waals surface area contributed by atoms with Crippen LogP contribution in [0, 0.1) is 0 Å². The number of aliphatic hydroxyl groups excluding tert-OH is 1. The van der Waals surface area contributed by atoms with Gasteiger partial charge < -0.3 is 15.4 Å². The lowest BCUT2D eigenvalue weighted by Crippen LogP contribution is -2.36. The number of fused-ring (bicyclic) bond motifs is 1. The van der Waals surface area contributed by atoms with Crippen molar-refractivity contribution < 1.29 is 5.11 Å². The van der Waals surface area contributed by atoms with Gasteiger partial charge in [0.05, 0.1) is 12.6 Å². The smallest absolute Gasteiger partial charge is 0.122 e. The van der Waals surface area contributed by atoms with Crippen LogP contribution in [0.25, 0.3) is 0 Å². The number of aliphatic hydroxyl groups is 1. The van der Waals surface area contributed by atoms with E-state index < -0.39 is 6.10 Å². The highest BCUT2D eigenvalue weighted by atomic mass is 16.3. The Hall–Kier alpha value is -1.85. The Bertz CT molecular complexity index is 566. The van der Waals surface area contributed by atoms with E-state index in [1.807, 2.05) is 36.7 Å². The van der Waals surface area contributed by atoms with Gasteiger partial charge in [-0.05, 0) is 6.07 Å². The third-order valence-electron chi connectivity index (χ3n) is 3.61. The zero-order valence-electron chi connectivity index (χ0n) is 10.7. The van der Waals surface area contributed by atoms with E-state index in [1.165, 1.54) is 0 Å². The number of nitrogen functional groups attached to an aromatic ring is 1. The lowest BCUT2D eigenvalue weighted by atomic mass is 10.1. The summed E-state index contributed by atoms with van der Waals surface area (Å²) in [5.74, 6) is 1.06. The molecule has 5 nitrogen and oxygen atoms in total. The van der Waals surface area contributed by atoms with Crippen LogP contribution in [-0.4, -0.2) is 32.6 Å². The molecule has 100 valence electrons. The van der Waals surface area contributed by atoms with Crippen molar-refractivity contribution in [2.75, 3.05) is 18.8 Å². The molecule has 0 aliphatic carbocycles. The Morgan fingerprint density at radius 1 is 1.32 bits per heavy atom. The van der Waals surface area contributed by atoms with Crippen LogP contribution >= 0.6 is 0 Å². The van der Waals surface area contributed by atoms with Crippen LogP contribution in [0.3, 0.4) is 0 Å². The van der Waals surface area contributed by atoms with Gasteiger partial charge in [-0.1, -0.05) is 18.2 Å². The van der Waals surface area contributed by atoms with Gasteiger partial charge in [-0.15, -0.1) is 0 Å². The molecule has 0 amide bonds. The van der Waals surface area contributed by atoms with Crippen molar-refractivity contribution in [2.24, 2.45) is 0 Å². The van der Waals surface area contributed by atoms with Crippen LogP contribution in [-0.2, 0) is 13.1 Å². The fourth-order valence-corrected chi connectivity index (χ4v) is 2.54. The van der Waals surface area contributed by atoms with Crippen LogP contribution < -0.4 is 5.73 Å². The summed E-state index contributed by atoms with van der Waals surface area (Å²) in [4.78, 5) is 6.53. The summed E-state index contributed by atoms with van der Waals surface area (Å²) in [5.41, 5.74) is 7.34. The van der Waals surface area contributed by atoms with Crippen molar-refractivity contribution >= 4 is 5.69 Å². The molecule has 0 fully saturated rings. The van der Waals surface area contributed by atoms with Gasteiger partial charge in [0.2, 0.25) is 0 Å². The minimum Gasteiger partial charge on any atom is -0.398 e. The first-order valence-corrected chi connectivity index (χ1v) is 6.49. The number of imidazole rings is 1. The zero-order chi connectivity index (χ0) is 13.2. The fourth-order valence-electron chi connectivity index (χ4n) is 2.54. The van der Waals surface area contributed by atoms with Gasteiger partial charge in [0.25, 0.3) is 0 Å². The highest BCUT2D eigenvalue weighted by Crippen LogP contribution is 2.22. The summed E-state index contributed by atoms with van der Waals surface area (Å²) >= 11 is 0. The summed E-state index contributed by atoms with van der Waals surface area (Å²) < 4.78 is 2.15. The monoisotopic (exact) mass is 258 g/mol. The van der Waals surface area contributed by atoms with Gasteiger partial charge in [-0.3, -0.25) is 4.90 Å². The molecule has 0 radical (unpaired) electrons. The third kappa shape index (κ3) is 2.47. The van der Waals surface area contributed by atoms with Gasteiger partial charge in [-0.25, -0.2) is 4.98 Å². The van der Waals surface area contributed by atoms with Gasteiger partial charge in [-0.2, -0.15) is 0 Å². The van der Waals surface area contributed by atoms with Gasteiger partial charge in [0.15, 0.2) is 0 Å². The van der Waals surface area contributed by atoms with Crippen molar-refractivity contribution in [3.05, 3.63) is 48.0 Å². The normalized spacial score (nSPS) is 17.1. The van der Waals surface area contributed by atoms with E-state index in [9.17, 15) is 5.11 Å². The predicted molar refractivity (Wildman–Crippen MR) is 73.3 cm³/mol. The van der Waals surface area contributed by atoms with Crippen molar-refractivity contribution in [1.29, 1.82) is 0 Å². The molecule has 2 heterocycles. The minimum atomic E-state index is -0.553. The molecule has 3 rings (SSSR count). The summed E-state index contributed by atoms with van der Waals surface area (Å²) in [5, 5.41) is 10.3. The van der Waals surface area contributed by atoms with E-state index in [2.05, 4.69) is 14.5 Å². The van der Waals surface area contributed by atoms with Gasteiger partial charge in [0.1, 0.15) is 5.82 Å². The quantitative estimate of drug-likeness (QED) is 0.806. The molecule has 0 spiro atoms. The number of β-amino-alcohol motifs (C(OH)–C–C–N with tert-alkyl or cyclic N) is 1. The number of para-hydroxylation sites is 1. The number of aromatic nitrogens is 2. The van der Waals surface area contributed by atoms with Crippen molar-refractivity contribution in [3.8, 4) is 0 Å². The number of nitrogens with two attached hydrogens (primary N) is 1. The van der Waals surface area contributed by atoms with Crippen LogP contribution in [0.2, 0.25) is 0 Å². The number of benzene rings is 1. The molecule has 0 saturated heterocycles. The number of rotatable bonds is 3. The minimum absolute atomic E-state index is 0.553. The van der Waals surface area contributed by atoms with Crippen molar-refractivity contribution in [2.45, 2.75) is 19.2 Å². The largest absolute Gasteiger partial charge is 0.398 e. The van der Waals surface area contributed by atoms with E-state index in [0.717, 1.165) is 31.0 Å². The van der Waals surface area contributed by atoms with Gasteiger partial charge >= 0.3 is 0 Å². The van der Waals surface area contributed by atoms with E-state index in [1.54, 1.807) is 0 Å². The zero-order valence-corrected chi connectivity index (χ0v) is 10.7. The summed E-state index contributed by atoms with van der Waals surface area (Å²) in [6.07, 6.45) is 3.27. The first-order chi connectivity index (χ1) is 9.24. The van der Waals surface area contributed by atoms with Crippen LogP contribution in [0.15, 0.2) is 36.7 Å². The molecule has 1 aromatic heterocycles. The Morgan fingerprint density at radius 3 is 3.00 bits per heavy atom. The van der Waals surface area contributed by atoms with Crippen LogP contribution in [0.4, 0.5) is 5.69 Å². The first-order valence-electron chi connectivity index (χ1n) is 6.49. The maximum Gasteiger partial charge on any atom is 0.122 e. The lowest BCUT2D eigenvalue weighted by Gasteiger charge is -2.29. The molecule has 1 unspecified atom stereocenters. The molecule has 19 heavy (non-hydrogen) atoms. The van der Waals surface area contributed by atoms with Crippen molar-refractivity contribution in [1.82, 2.24) is 14.5 Å². The molecule has 3 N–H and O–H groups in total. The van der Waals surface area contributed by atoms with Crippen LogP contribution in [0.5, 0.6) is 0 Å². The van der Waals surface area contributed by atoms with Crippen LogP contribution in [0.1, 0.15) is 17.5 Å². The van der Waals surface area contributed by atoms with E-state index in [-0.39, 0.29) is 0 Å². The molecule has 5 heteroatoms. The second-order valence-corrected chi connectivity index (χ2v) is 4.92. The fraction of sp³-hybridized carbons (Fsp3) is 0.357. The molecule has 1 aliphatic heterocycles. The number of anilines is 1. The lowest BCUT2D eigenvalue weighted by molar-refractivity contribution is 0.0967. The van der Waals surface area contributed by atoms with E-state index >= 15 is 0 Å². The average molecular weight is 258 g/mol. The van der Waals surface area contributed by atoms with E-state index in [4.69, 9.17) is 5.73 Å². The summed E-state index contributed by atoms with van der Waals surface area (Å²) in [7, 11) is 0. The second-order valence-electron chi connectivity index (χ2n) is 4.92. The molecule has 1 aliphatic rings. The SMILES string of the molecule is Nc1ccccc1C(O)CN1CCn2ccnc2C1. The molecule has 1 aromatic carbocycles. The molecular weight excluding hydrogens is 240 g/mol. The maximum atomic E-state index is 10.3. The van der Waals surface area contributed by atoms with Crippen molar-refractivity contribution in [3.63, 3.8) is 0 Å². The molecular formula is C14H18N4O. The first kappa shape index (κ1) is 12.2. The van der Waals surface area contributed by atoms with E-state index in [0.29, 0.717) is 12.2 Å².